The van der Waals surface area contributed by atoms with Gasteiger partial charge in [-0.05, 0) is 37.8 Å². The Balaban J connectivity index is 0.00000280. The van der Waals surface area contributed by atoms with Crippen LogP contribution in [0.3, 0.4) is 0 Å². The van der Waals surface area contributed by atoms with E-state index in [1.165, 1.54) is 25.5 Å². The van der Waals surface area contributed by atoms with Gasteiger partial charge in [0.2, 0.25) is 0 Å². The standard InChI is InChI=1S/C21H32N4O2.HI/c1-22-21(24-13-10-18(11-14-24)20(26)27-2)23-15-19-9-6-12-25(19)16-17-7-4-3-5-8-17;/h3-5,7-8,18-19H,6,9-16H2,1-2H3,(H,22,23);1H. The fraction of sp³-hybridized carbons (Fsp3) is 0.619. The van der Waals surface area contributed by atoms with E-state index in [4.69, 9.17) is 4.74 Å². The number of benzene rings is 1. The van der Waals surface area contributed by atoms with Gasteiger partial charge < -0.3 is 15.0 Å². The first kappa shape index (κ1) is 22.9. The number of ether oxygens (including phenoxy) is 1. The molecule has 0 radical (unpaired) electrons. The molecule has 3 rings (SSSR count). The van der Waals surface area contributed by atoms with E-state index in [1.807, 2.05) is 7.05 Å². The highest BCUT2D eigenvalue weighted by Gasteiger charge is 2.28. The molecule has 2 saturated heterocycles. The van der Waals surface area contributed by atoms with Gasteiger partial charge in [-0.15, -0.1) is 24.0 Å². The molecule has 2 aliphatic heterocycles. The lowest BCUT2D eigenvalue weighted by molar-refractivity contribution is -0.146. The Morgan fingerprint density at radius 1 is 1.18 bits per heavy atom. The molecular formula is C21H33IN4O2. The lowest BCUT2D eigenvalue weighted by Gasteiger charge is -2.34. The average Bonchev–Trinajstić information content (AvgIpc) is 3.16. The maximum Gasteiger partial charge on any atom is 0.308 e. The summed E-state index contributed by atoms with van der Waals surface area (Å²) in [5, 5.41) is 3.57. The average molecular weight is 500 g/mol. The summed E-state index contributed by atoms with van der Waals surface area (Å²) in [6.07, 6.45) is 4.14. The monoisotopic (exact) mass is 500 g/mol. The van der Waals surface area contributed by atoms with E-state index in [-0.39, 0.29) is 35.9 Å². The number of methoxy groups -OCH3 is 1. The zero-order valence-corrected chi connectivity index (χ0v) is 19.3. The molecule has 7 heteroatoms. The van der Waals surface area contributed by atoms with E-state index >= 15 is 0 Å². The van der Waals surface area contributed by atoms with Gasteiger partial charge in [-0.1, -0.05) is 30.3 Å². The second-order valence-electron chi connectivity index (χ2n) is 7.46. The van der Waals surface area contributed by atoms with Crippen molar-refractivity contribution in [3.05, 3.63) is 35.9 Å². The van der Waals surface area contributed by atoms with Crippen molar-refractivity contribution >= 4 is 35.9 Å². The third kappa shape index (κ3) is 6.07. The summed E-state index contributed by atoms with van der Waals surface area (Å²) in [5.41, 5.74) is 1.37. The summed E-state index contributed by atoms with van der Waals surface area (Å²) in [6, 6.07) is 11.2. The van der Waals surface area contributed by atoms with Crippen LogP contribution in [0.15, 0.2) is 35.3 Å². The first-order valence-electron chi connectivity index (χ1n) is 10.0. The van der Waals surface area contributed by atoms with Crippen LogP contribution in [-0.4, -0.2) is 68.1 Å². The SMILES string of the molecule is CN=C(NCC1CCCN1Cc1ccccc1)N1CCC(C(=O)OC)CC1.I. The van der Waals surface area contributed by atoms with Gasteiger partial charge in [0.15, 0.2) is 5.96 Å². The fourth-order valence-corrected chi connectivity index (χ4v) is 4.19. The molecule has 1 atom stereocenters. The summed E-state index contributed by atoms with van der Waals surface area (Å²) in [5.74, 6) is 0.894. The Morgan fingerprint density at radius 2 is 1.89 bits per heavy atom. The number of nitrogens with one attached hydrogen (secondary N) is 1. The highest BCUT2D eigenvalue weighted by Crippen LogP contribution is 2.21. The molecule has 1 aromatic rings. The van der Waals surface area contributed by atoms with Crippen molar-refractivity contribution < 1.29 is 9.53 Å². The lowest BCUT2D eigenvalue weighted by Crippen LogP contribution is -2.49. The lowest BCUT2D eigenvalue weighted by atomic mass is 9.97. The second kappa shape index (κ2) is 11.6. The quantitative estimate of drug-likeness (QED) is 0.292. The summed E-state index contributed by atoms with van der Waals surface area (Å²) in [6.45, 7) is 4.77. The number of piperidine rings is 1. The van der Waals surface area contributed by atoms with Gasteiger partial charge >= 0.3 is 5.97 Å². The predicted molar refractivity (Wildman–Crippen MR) is 123 cm³/mol. The van der Waals surface area contributed by atoms with Crippen molar-refractivity contribution in [2.45, 2.75) is 38.3 Å². The number of guanidine groups is 1. The van der Waals surface area contributed by atoms with Gasteiger partial charge in [-0.25, -0.2) is 0 Å². The molecule has 156 valence electrons. The van der Waals surface area contributed by atoms with Gasteiger partial charge in [0.25, 0.3) is 0 Å². The molecule has 2 aliphatic rings. The molecule has 0 amide bonds. The van der Waals surface area contributed by atoms with Crippen LogP contribution < -0.4 is 5.32 Å². The molecular weight excluding hydrogens is 467 g/mol. The van der Waals surface area contributed by atoms with Crippen molar-refractivity contribution in [1.82, 2.24) is 15.1 Å². The number of halogens is 1. The Kier molecular flexibility index (Phi) is 9.50. The van der Waals surface area contributed by atoms with Crippen molar-refractivity contribution in [2.24, 2.45) is 10.9 Å². The van der Waals surface area contributed by atoms with Crippen LogP contribution in [0.1, 0.15) is 31.2 Å². The molecule has 2 fully saturated rings. The van der Waals surface area contributed by atoms with Crippen LogP contribution in [0.2, 0.25) is 0 Å². The third-order valence-electron chi connectivity index (χ3n) is 5.76. The number of likely N-dealkylation sites (tertiary alicyclic amines) is 2. The predicted octanol–water partition coefficient (Wildman–Crippen LogP) is 2.73. The molecule has 1 N–H and O–H groups in total. The van der Waals surface area contributed by atoms with Crippen LogP contribution >= 0.6 is 24.0 Å². The van der Waals surface area contributed by atoms with Crippen LogP contribution in [0.4, 0.5) is 0 Å². The maximum atomic E-state index is 11.7. The van der Waals surface area contributed by atoms with E-state index in [9.17, 15) is 4.79 Å². The Hall–Kier alpha value is -1.35. The van der Waals surface area contributed by atoms with Crippen molar-refractivity contribution in [1.29, 1.82) is 0 Å². The summed E-state index contributed by atoms with van der Waals surface area (Å²) in [7, 11) is 3.31. The second-order valence-corrected chi connectivity index (χ2v) is 7.46. The zero-order valence-electron chi connectivity index (χ0n) is 17.0. The number of carbonyl (C=O) groups excluding carboxylic acids is 1. The molecule has 2 heterocycles. The summed E-state index contributed by atoms with van der Waals surface area (Å²) in [4.78, 5) is 21.0. The molecule has 0 aromatic heterocycles. The number of esters is 1. The van der Waals surface area contributed by atoms with E-state index in [0.717, 1.165) is 51.5 Å². The number of rotatable bonds is 5. The van der Waals surface area contributed by atoms with E-state index in [2.05, 4.69) is 50.4 Å². The molecule has 1 unspecified atom stereocenters. The van der Waals surface area contributed by atoms with Crippen LogP contribution in [0.5, 0.6) is 0 Å². The van der Waals surface area contributed by atoms with Gasteiger partial charge in [0.05, 0.1) is 13.0 Å². The number of aliphatic imine (C=N–C) groups is 1. The Bertz CT molecular complexity index is 633. The van der Waals surface area contributed by atoms with E-state index in [0.29, 0.717) is 6.04 Å². The van der Waals surface area contributed by atoms with Gasteiger partial charge in [0, 0.05) is 39.3 Å². The molecule has 6 nitrogen and oxygen atoms in total. The van der Waals surface area contributed by atoms with Crippen molar-refractivity contribution in [2.75, 3.05) is 40.3 Å². The Labute approximate surface area is 185 Å². The molecule has 28 heavy (non-hydrogen) atoms. The van der Waals surface area contributed by atoms with Crippen LogP contribution in [0, 0.1) is 5.92 Å². The maximum absolute atomic E-state index is 11.7. The fourth-order valence-electron chi connectivity index (χ4n) is 4.19. The third-order valence-corrected chi connectivity index (χ3v) is 5.76. The normalized spacial score (nSPS) is 21.3. The topological polar surface area (TPSA) is 57.2 Å². The minimum atomic E-state index is -0.0832. The number of hydrogen-bond donors (Lipinski definition) is 1. The number of hydrogen-bond acceptors (Lipinski definition) is 4. The van der Waals surface area contributed by atoms with Gasteiger partial charge in [-0.2, -0.15) is 0 Å². The van der Waals surface area contributed by atoms with E-state index in [1.54, 1.807) is 0 Å². The minimum Gasteiger partial charge on any atom is -0.469 e. The first-order chi connectivity index (χ1) is 13.2. The van der Waals surface area contributed by atoms with Crippen LogP contribution in [-0.2, 0) is 16.1 Å². The van der Waals surface area contributed by atoms with Crippen molar-refractivity contribution in [3.63, 3.8) is 0 Å². The highest BCUT2D eigenvalue weighted by molar-refractivity contribution is 14.0. The van der Waals surface area contributed by atoms with Gasteiger partial charge in [-0.3, -0.25) is 14.7 Å². The summed E-state index contributed by atoms with van der Waals surface area (Å²) < 4.78 is 4.88. The minimum absolute atomic E-state index is 0. The molecule has 1 aromatic carbocycles. The molecule has 0 aliphatic carbocycles. The largest absolute Gasteiger partial charge is 0.469 e. The molecule has 0 spiro atoms. The van der Waals surface area contributed by atoms with Gasteiger partial charge in [0.1, 0.15) is 0 Å². The van der Waals surface area contributed by atoms with E-state index < -0.39 is 0 Å². The zero-order chi connectivity index (χ0) is 19.1. The summed E-state index contributed by atoms with van der Waals surface area (Å²) >= 11 is 0. The molecule has 0 bridgehead atoms. The smallest absolute Gasteiger partial charge is 0.308 e. The highest BCUT2D eigenvalue weighted by atomic mass is 127. The Morgan fingerprint density at radius 3 is 2.54 bits per heavy atom. The van der Waals surface area contributed by atoms with Crippen LogP contribution in [0.25, 0.3) is 0 Å². The first-order valence-corrected chi connectivity index (χ1v) is 10.0. The molecule has 0 saturated carbocycles. The van der Waals surface area contributed by atoms with Crippen molar-refractivity contribution in [3.8, 4) is 0 Å². The number of nitrogens with zero attached hydrogens (tertiary/aromatic N) is 3. The number of carbonyl (C=O) groups is 1.